The molecule has 2 aliphatic heterocycles. The van der Waals surface area contributed by atoms with Crippen molar-refractivity contribution in [1.82, 2.24) is 26.3 Å². The molecule has 0 aliphatic carbocycles. The standard InChI is InChI=1S/C18H26N6O3S/c19-12-7-11(8-20-9-12)17(26)22-6-5-21-15(25)4-2-1-3-14-16-13(10-28-14)23-18(27)24-16/h7-9,13-14,16H,1-6,10,19H2,(H,21,25)(H,22,26)(H2,23,24,27)/t13-,14-,16-/m0/s1. The van der Waals surface area contributed by atoms with E-state index in [2.05, 4.69) is 26.3 Å². The van der Waals surface area contributed by atoms with Crippen molar-refractivity contribution >= 4 is 35.3 Å². The molecule has 0 aromatic carbocycles. The Bertz CT molecular complexity index is 731. The molecule has 0 spiro atoms. The van der Waals surface area contributed by atoms with E-state index >= 15 is 0 Å². The predicted octanol–water partition coefficient (Wildman–Crippen LogP) is 0.236. The van der Waals surface area contributed by atoms with Gasteiger partial charge in [0.05, 0.1) is 23.3 Å². The van der Waals surface area contributed by atoms with Gasteiger partial charge in [0.15, 0.2) is 0 Å². The average Bonchev–Trinajstić information content (AvgIpc) is 3.21. The van der Waals surface area contributed by atoms with Crippen LogP contribution in [0.3, 0.4) is 0 Å². The van der Waals surface area contributed by atoms with Crippen LogP contribution in [0.4, 0.5) is 10.5 Å². The normalized spacial score (nSPS) is 22.9. The molecule has 0 unspecified atom stereocenters. The first-order valence-electron chi connectivity index (χ1n) is 9.47. The lowest BCUT2D eigenvalue weighted by Gasteiger charge is -2.16. The second-order valence-corrected chi connectivity index (χ2v) is 8.25. The SMILES string of the molecule is Nc1cncc(C(=O)NCCNC(=O)CCCC[C@@H]2SC[C@@H]3NC(=O)N[C@@H]32)c1. The topological polar surface area (TPSA) is 138 Å². The highest BCUT2D eigenvalue weighted by molar-refractivity contribution is 8.00. The molecule has 4 amide bonds. The second-order valence-electron chi connectivity index (χ2n) is 6.98. The first-order valence-corrected chi connectivity index (χ1v) is 10.5. The zero-order chi connectivity index (χ0) is 19.9. The molecule has 28 heavy (non-hydrogen) atoms. The highest BCUT2D eigenvalue weighted by Gasteiger charge is 2.42. The number of aromatic nitrogens is 1. The summed E-state index contributed by atoms with van der Waals surface area (Å²) >= 11 is 1.88. The van der Waals surface area contributed by atoms with Crippen LogP contribution < -0.4 is 27.0 Å². The third-order valence-corrected chi connectivity index (χ3v) is 6.34. The number of pyridine rings is 1. The Kier molecular flexibility index (Phi) is 6.96. The molecule has 3 atom stereocenters. The molecular formula is C18H26N6O3S. The van der Waals surface area contributed by atoms with Gasteiger partial charge in [-0.05, 0) is 18.9 Å². The van der Waals surface area contributed by atoms with Gasteiger partial charge in [0, 0.05) is 42.9 Å². The molecule has 152 valence electrons. The number of nitrogens with one attached hydrogen (secondary N) is 4. The summed E-state index contributed by atoms with van der Waals surface area (Å²) in [6.07, 6.45) is 6.13. The largest absolute Gasteiger partial charge is 0.397 e. The molecule has 2 saturated heterocycles. The number of hydrogen-bond donors (Lipinski definition) is 5. The molecule has 0 radical (unpaired) electrons. The minimum atomic E-state index is -0.269. The third-order valence-electron chi connectivity index (χ3n) is 4.83. The van der Waals surface area contributed by atoms with Crippen molar-refractivity contribution in [3.05, 3.63) is 24.0 Å². The Morgan fingerprint density at radius 2 is 2.04 bits per heavy atom. The Labute approximate surface area is 168 Å². The Balaban J connectivity index is 1.23. The maximum Gasteiger partial charge on any atom is 0.315 e. The summed E-state index contributed by atoms with van der Waals surface area (Å²) < 4.78 is 0. The van der Waals surface area contributed by atoms with E-state index in [1.54, 1.807) is 6.07 Å². The number of hydrogen-bond acceptors (Lipinski definition) is 6. The van der Waals surface area contributed by atoms with Crippen LogP contribution in [-0.2, 0) is 4.79 Å². The number of nitrogen functional groups attached to an aromatic ring is 1. The van der Waals surface area contributed by atoms with E-state index in [9.17, 15) is 14.4 Å². The van der Waals surface area contributed by atoms with Gasteiger partial charge in [-0.3, -0.25) is 14.6 Å². The molecule has 2 fully saturated rings. The smallest absolute Gasteiger partial charge is 0.315 e. The number of urea groups is 1. The van der Waals surface area contributed by atoms with Crippen molar-refractivity contribution in [1.29, 1.82) is 0 Å². The summed E-state index contributed by atoms with van der Waals surface area (Å²) in [5.41, 5.74) is 6.42. The van der Waals surface area contributed by atoms with Crippen molar-refractivity contribution in [3.63, 3.8) is 0 Å². The molecule has 3 heterocycles. The zero-order valence-electron chi connectivity index (χ0n) is 15.6. The van der Waals surface area contributed by atoms with Gasteiger partial charge in [-0.25, -0.2) is 4.79 Å². The monoisotopic (exact) mass is 406 g/mol. The molecule has 1 aromatic heterocycles. The summed E-state index contributed by atoms with van der Waals surface area (Å²) in [7, 11) is 0. The summed E-state index contributed by atoms with van der Waals surface area (Å²) in [6.45, 7) is 0.716. The fourth-order valence-electron chi connectivity index (χ4n) is 3.42. The fourth-order valence-corrected chi connectivity index (χ4v) is 4.97. The quantitative estimate of drug-likeness (QED) is 0.294. The van der Waals surface area contributed by atoms with E-state index in [0.29, 0.717) is 36.0 Å². The van der Waals surface area contributed by atoms with Crippen molar-refractivity contribution < 1.29 is 14.4 Å². The van der Waals surface area contributed by atoms with Crippen molar-refractivity contribution in [2.24, 2.45) is 0 Å². The Morgan fingerprint density at radius 1 is 1.21 bits per heavy atom. The maximum atomic E-state index is 11.9. The number of anilines is 1. The van der Waals surface area contributed by atoms with E-state index in [0.717, 1.165) is 25.0 Å². The van der Waals surface area contributed by atoms with Gasteiger partial charge in [0.1, 0.15) is 0 Å². The number of thioether (sulfide) groups is 1. The molecule has 3 rings (SSSR count). The lowest BCUT2D eigenvalue weighted by Crippen LogP contribution is -2.36. The van der Waals surface area contributed by atoms with Crippen LogP contribution in [-0.4, -0.2) is 59.0 Å². The van der Waals surface area contributed by atoms with E-state index in [4.69, 9.17) is 5.73 Å². The number of carbonyl (C=O) groups excluding carboxylic acids is 3. The van der Waals surface area contributed by atoms with Crippen LogP contribution in [0.5, 0.6) is 0 Å². The van der Waals surface area contributed by atoms with Crippen LogP contribution >= 0.6 is 11.8 Å². The van der Waals surface area contributed by atoms with Crippen LogP contribution in [0.2, 0.25) is 0 Å². The third kappa shape index (κ3) is 5.51. The summed E-state index contributed by atoms with van der Waals surface area (Å²) in [4.78, 5) is 39.1. The van der Waals surface area contributed by atoms with Gasteiger partial charge in [-0.1, -0.05) is 6.42 Å². The zero-order valence-corrected chi connectivity index (χ0v) is 16.4. The summed E-state index contributed by atoms with van der Waals surface area (Å²) in [6, 6.07) is 1.94. The first kappa shape index (κ1) is 20.2. The second kappa shape index (κ2) is 9.63. The minimum absolute atomic E-state index is 0.0207. The predicted molar refractivity (Wildman–Crippen MR) is 108 cm³/mol. The van der Waals surface area contributed by atoms with Gasteiger partial charge < -0.3 is 27.0 Å². The molecule has 0 bridgehead atoms. The molecular weight excluding hydrogens is 380 g/mol. The summed E-state index contributed by atoms with van der Waals surface area (Å²) in [5, 5.41) is 11.9. The van der Waals surface area contributed by atoms with E-state index in [1.807, 2.05) is 11.8 Å². The van der Waals surface area contributed by atoms with E-state index in [1.165, 1.54) is 12.4 Å². The number of rotatable bonds is 9. The van der Waals surface area contributed by atoms with Gasteiger partial charge in [0.25, 0.3) is 5.91 Å². The van der Waals surface area contributed by atoms with E-state index in [-0.39, 0.29) is 29.9 Å². The fraction of sp³-hybridized carbons (Fsp3) is 0.556. The van der Waals surface area contributed by atoms with Gasteiger partial charge >= 0.3 is 6.03 Å². The minimum Gasteiger partial charge on any atom is -0.397 e. The van der Waals surface area contributed by atoms with Crippen molar-refractivity contribution in [3.8, 4) is 0 Å². The highest BCUT2D eigenvalue weighted by Crippen LogP contribution is 2.33. The lowest BCUT2D eigenvalue weighted by atomic mass is 10.0. The van der Waals surface area contributed by atoms with Gasteiger partial charge in [0.2, 0.25) is 5.91 Å². The maximum absolute atomic E-state index is 11.9. The number of carbonyl (C=O) groups is 3. The highest BCUT2D eigenvalue weighted by atomic mass is 32.2. The summed E-state index contributed by atoms with van der Waals surface area (Å²) in [5.74, 6) is 0.661. The molecule has 10 heteroatoms. The van der Waals surface area contributed by atoms with Crippen LogP contribution in [0.25, 0.3) is 0 Å². The molecule has 0 saturated carbocycles. The van der Waals surface area contributed by atoms with Crippen LogP contribution in [0, 0.1) is 0 Å². The Morgan fingerprint density at radius 3 is 2.86 bits per heavy atom. The number of unbranched alkanes of at least 4 members (excludes halogenated alkanes) is 1. The average molecular weight is 407 g/mol. The molecule has 6 N–H and O–H groups in total. The van der Waals surface area contributed by atoms with E-state index < -0.39 is 0 Å². The number of amides is 4. The Hall–Kier alpha value is -2.49. The van der Waals surface area contributed by atoms with Crippen molar-refractivity contribution in [2.75, 3.05) is 24.6 Å². The molecule has 2 aliphatic rings. The van der Waals surface area contributed by atoms with Crippen LogP contribution in [0.15, 0.2) is 18.5 Å². The first-order chi connectivity index (χ1) is 13.5. The van der Waals surface area contributed by atoms with Crippen molar-refractivity contribution in [2.45, 2.75) is 43.0 Å². The number of fused-ring (bicyclic) bond motifs is 1. The molecule has 1 aromatic rings. The lowest BCUT2D eigenvalue weighted by molar-refractivity contribution is -0.121. The molecule has 9 nitrogen and oxygen atoms in total. The number of nitrogens with zero attached hydrogens (tertiary/aromatic N) is 1. The van der Waals surface area contributed by atoms with Gasteiger partial charge in [-0.2, -0.15) is 11.8 Å². The van der Waals surface area contributed by atoms with Crippen LogP contribution in [0.1, 0.15) is 36.0 Å². The van der Waals surface area contributed by atoms with Gasteiger partial charge in [-0.15, -0.1) is 0 Å². The number of nitrogens with two attached hydrogens (primary N) is 1.